The number of hydrogen-bond donors (Lipinski definition) is 2. The normalized spacial score (nSPS) is 25.9. The predicted molar refractivity (Wildman–Crippen MR) is 86.9 cm³/mol. The van der Waals surface area contributed by atoms with Crippen molar-refractivity contribution in [3.8, 4) is 0 Å². The van der Waals surface area contributed by atoms with Crippen LogP contribution >= 0.6 is 35.3 Å². The lowest BCUT2D eigenvalue weighted by atomic mass is 9.82. The van der Waals surface area contributed by atoms with E-state index in [4.69, 9.17) is 23.2 Å². The second-order valence-corrected chi connectivity index (χ2v) is 6.53. The van der Waals surface area contributed by atoms with Crippen molar-refractivity contribution in [2.75, 3.05) is 0 Å². The van der Waals surface area contributed by atoms with Crippen LogP contribution in [0, 0.1) is 0 Å². The fourth-order valence-corrected chi connectivity index (χ4v) is 3.70. The molecule has 2 aromatic carbocycles. The summed E-state index contributed by atoms with van der Waals surface area (Å²) in [5.74, 6) is 0. The lowest BCUT2D eigenvalue weighted by Crippen LogP contribution is -2.37. The molecule has 1 heterocycles. The van der Waals surface area contributed by atoms with Gasteiger partial charge in [-0.25, -0.2) is 9.44 Å². The Labute approximate surface area is 133 Å². The molecule has 0 aromatic heterocycles. The van der Waals surface area contributed by atoms with Gasteiger partial charge in [-0.2, -0.15) is 0 Å². The number of benzene rings is 2. The van der Waals surface area contributed by atoms with Crippen molar-refractivity contribution < 1.29 is 0 Å². The third-order valence-electron chi connectivity index (χ3n) is 3.66. The number of halogens is 2. The molecule has 1 aliphatic heterocycles. The zero-order chi connectivity index (χ0) is 14.2. The van der Waals surface area contributed by atoms with Gasteiger partial charge in [-0.05, 0) is 42.3 Å². The first-order chi connectivity index (χ1) is 9.59. The van der Waals surface area contributed by atoms with Gasteiger partial charge in [0.1, 0.15) is 0 Å². The maximum atomic E-state index is 5.98. The van der Waals surface area contributed by atoms with Crippen molar-refractivity contribution >= 4 is 35.3 Å². The van der Waals surface area contributed by atoms with Crippen LogP contribution in [0.5, 0.6) is 0 Å². The summed E-state index contributed by atoms with van der Waals surface area (Å²) in [6, 6.07) is 16.1. The van der Waals surface area contributed by atoms with E-state index in [1.807, 2.05) is 24.3 Å². The Hall–Kier alpha value is -0.710. The van der Waals surface area contributed by atoms with Gasteiger partial charge in [-0.3, -0.25) is 0 Å². The Morgan fingerprint density at radius 1 is 0.950 bits per heavy atom. The first-order valence-corrected chi connectivity index (χ1v) is 7.87. The Morgan fingerprint density at radius 3 is 2.10 bits per heavy atom. The molecule has 0 saturated carbocycles. The summed E-state index contributed by atoms with van der Waals surface area (Å²) >= 11 is 13.5. The zero-order valence-electron chi connectivity index (χ0n) is 10.9. The minimum Gasteiger partial charge on any atom is -0.241 e. The van der Waals surface area contributed by atoms with Crippen LogP contribution in [0.4, 0.5) is 0 Å². The molecule has 2 atom stereocenters. The van der Waals surface area contributed by atoms with Crippen molar-refractivity contribution in [3.63, 3.8) is 0 Å². The molecule has 0 bridgehead atoms. The van der Waals surface area contributed by atoms with E-state index in [9.17, 15) is 0 Å². The highest BCUT2D eigenvalue weighted by molar-refractivity contribution is 7.95. The van der Waals surface area contributed by atoms with Crippen molar-refractivity contribution in [1.29, 1.82) is 0 Å². The largest absolute Gasteiger partial charge is 0.241 e. The minimum absolute atomic E-state index is 0.158. The average molecular weight is 325 g/mol. The SMILES string of the molecule is C[C@@]1(c2ccc(Cl)cc2)NSN[C@H]1c1ccc(Cl)cc1. The topological polar surface area (TPSA) is 24.1 Å². The van der Waals surface area contributed by atoms with Gasteiger partial charge < -0.3 is 0 Å². The van der Waals surface area contributed by atoms with E-state index in [1.54, 1.807) is 0 Å². The molecule has 2 aromatic rings. The van der Waals surface area contributed by atoms with Gasteiger partial charge in [0, 0.05) is 22.2 Å². The Bertz CT molecular complexity index is 600. The van der Waals surface area contributed by atoms with Crippen LogP contribution in [-0.2, 0) is 5.54 Å². The van der Waals surface area contributed by atoms with Crippen molar-refractivity contribution in [3.05, 3.63) is 69.7 Å². The number of hydrogen-bond acceptors (Lipinski definition) is 3. The van der Waals surface area contributed by atoms with Crippen molar-refractivity contribution in [1.82, 2.24) is 9.44 Å². The van der Waals surface area contributed by atoms with Gasteiger partial charge in [0.2, 0.25) is 0 Å². The zero-order valence-corrected chi connectivity index (χ0v) is 13.2. The van der Waals surface area contributed by atoms with Crippen molar-refractivity contribution in [2.45, 2.75) is 18.5 Å². The van der Waals surface area contributed by atoms with Gasteiger partial charge in [0.15, 0.2) is 0 Å². The highest BCUT2D eigenvalue weighted by atomic mass is 35.5. The van der Waals surface area contributed by atoms with E-state index in [1.165, 1.54) is 23.3 Å². The number of nitrogens with one attached hydrogen (secondary N) is 2. The molecule has 2 nitrogen and oxygen atoms in total. The molecule has 1 saturated heterocycles. The molecule has 20 heavy (non-hydrogen) atoms. The van der Waals surface area contributed by atoms with Crippen LogP contribution in [0.3, 0.4) is 0 Å². The summed E-state index contributed by atoms with van der Waals surface area (Å²) in [5.41, 5.74) is 2.19. The Balaban J connectivity index is 1.98. The summed E-state index contributed by atoms with van der Waals surface area (Å²) in [7, 11) is 0. The van der Waals surface area contributed by atoms with Crippen LogP contribution in [0.25, 0.3) is 0 Å². The monoisotopic (exact) mass is 324 g/mol. The molecule has 0 aliphatic carbocycles. The fourth-order valence-electron chi connectivity index (χ4n) is 2.45. The molecule has 104 valence electrons. The van der Waals surface area contributed by atoms with Gasteiger partial charge in [-0.15, -0.1) is 0 Å². The van der Waals surface area contributed by atoms with E-state index < -0.39 is 0 Å². The van der Waals surface area contributed by atoms with Crippen LogP contribution in [0.15, 0.2) is 48.5 Å². The quantitative estimate of drug-likeness (QED) is 0.782. The van der Waals surface area contributed by atoms with E-state index in [0.29, 0.717) is 0 Å². The summed E-state index contributed by atoms with van der Waals surface area (Å²) in [4.78, 5) is 0. The summed E-state index contributed by atoms with van der Waals surface area (Å²) < 4.78 is 6.89. The molecule has 0 radical (unpaired) electrons. The predicted octanol–water partition coefficient (Wildman–Crippen LogP) is 4.71. The second kappa shape index (κ2) is 5.58. The van der Waals surface area contributed by atoms with Gasteiger partial charge in [0.25, 0.3) is 0 Å². The standard InChI is InChI=1S/C15H14Cl2N2S/c1-15(11-4-8-13(17)9-5-11)14(18-20-19-15)10-2-6-12(16)7-3-10/h2-9,14,18-19H,1H3/t14-,15-/m0/s1. The third kappa shape index (κ3) is 2.57. The van der Waals surface area contributed by atoms with Crippen LogP contribution in [0.1, 0.15) is 24.1 Å². The number of rotatable bonds is 2. The summed E-state index contributed by atoms with van der Waals surface area (Å²) in [5, 5.41) is 1.50. The third-order valence-corrected chi connectivity index (χ3v) is 5.05. The summed E-state index contributed by atoms with van der Waals surface area (Å²) in [6.07, 6.45) is 0. The fraction of sp³-hybridized carbons (Fsp3) is 0.200. The molecule has 1 aliphatic rings. The highest BCUT2D eigenvalue weighted by Crippen LogP contribution is 2.41. The molecular formula is C15H14Cl2N2S. The van der Waals surface area contributed by atoms with Gasteiger partial charge in [-0.1, -0.05) is 47.5 Å². The second-order valence-electron chi connectivity index (χ2n) is 5.02. The van der Waals surface area contributed by atoms with E-state index >= 15 is 0 Å². The average Bonchev–Trinajstić information content (AvgIpc) is 2.84. The summed E-state index contributed by atoms with van der Waals surface area (Å²) in [6.45, 7) is 2.18. The van der Waals surface area contributed by atoms with Crippen molar-refractivity contribution in [2.24, 2.45) is 0 Å². The lowest BCUT2D eigenvalue weighted by Gasteiger charge is -2.31. The Kier molecular flexibility index (Phi) is 3.98. The van der Waals surface area contributed by atoms with Gasteiger partial charge >= 0.3 is 0 Å². The van der Waals surface area contributed by atoms with Crippen LogP contribution < -0.4 is 9.44 Å². The van der Waals surface area contributed by atoms with Gasteiger partial charge in [0.05, 0.1) is 11.6 Å². The minimum atomic E-state index is -0.205. The molecule has 0 amide bonds. The highest BCUT2D eigenvalue weighted by Gasteiger charge is 2.41. The van der Waals surface area contributed by atoms with E-state index in [2.05, 4.69) is 40.6 Å². The molecular weight excluding hydrogens is 311 g/mol. The van der Waals surface area contributed by atoms with E-state index in [0.717, 1.165) is 10.0 Å². The van der Waals surface area contributed by atoms with Crippen LogP contribution in [-0.4, -0.2) is 0 Å². The molecule has 0 spiro atoms. The van der Waals surface area contributed by atoms with E-state index in [-0.39, 0.29) is 11.6 Å². The lowest BCUT2D eigenvalue weighted by molar-refractivity contribution is 0.379. The Morgan fingerprint density at radius 2 is 1.50 bits per heavy atom. The molecule has 0 unspecified atom stereocenters. The first-order valence-electron chi connectivity index (χ1n) is 6.29. The maximum Gasteiger partial charge on any atom is 0.0718 e. The maximum absolute atomic E-state index is 5.98. The molecule has 3 rings (SSSR count). The molecule has 2 N–H and O–H groups in total. The first kappa shape index (κ1) is 14.2. The van der Waals surface area contributed by atoms with Crippen LogP contribution in [0.2, 0.25) is 10.0 Å². The molecule has 5 heteroatoms. The molecule has 1 fully saturated rings. The smallest absolute Gasteiger partial charge is 0.0718 e.